The average Bonchev–Trinajstić information content (AvgIpc) is 2.47. The number of ether oxygens (including phenoxy) is 1. The zero-order valence-electron chi connectivity index (χ0n) is 13.5. The van der Waals surface area contributed by atoms with Gasteiger partial charge in [0, 0.05) is 30.8 Å². The fourth-order valence-electron chi connectivity index (χ4n) is 2.22. The molecule has 6 heteroatoms. The first kappa shape index (κ1) is 17.9. The molecule has 0 saturated carbocycles. The van der Waals surface area contributed by atoms with Crippen LogP contribution < -0.4 is 0 Å². The molecule has 0 aliphatic carbocycles. The minimum absolute atomic E-state index is 0.233. The Hall–Kier alpha value is -1.44. The smallest absolute Gasteiger partial charge is 0.410 e. The molecule has 0 atom stereocenters. The molecule has 0 bridgehead atoms. The molecule has 1 aromatic heterocycles. The van der Waals surface area contributed by atoms with Gasteiger partial charge in [0.2, 0.25) is 0 Å². The molecular formula is C17H20Cl2N2O2. The molecule has 1 fully saturated rings. The maximum Gasteiger partial charge on any atom is 0.410 e. The summed E-state index contributed by atoms with van der Waals surface area (Å²) >= 11 is 11.9. The highest BCUT2D eigenvalue weighted by Gasteiger charge is 2.26. The summed E-state index contributed by atoms with van der Waals surface area (Å²) in [4.78, 5) is 17.6. The van der Waals surface area contributed by atoms with E-state index in [-0.39, 0.29) is 12.0 Å². The van der Waals surface area contributed by atoms with Gasteiger partial charge in [-0.05, 0) is 39.7 Å². The van der Waals surface area contributed by atoms with Crippen LogP contribution >= 0.6 is 23.2 Å². The number of rotatable bonds is 0. The van der Waals surface area contributed by atoms with Crippen molar-refractivity contribution in [1.29, 1.82) is 0 Å². The number of pyridine rings is 1. The molecule has 0 unspecified atom stereocenters. The van der Waals surface area contributed by atoms with Gasteiger partial charge >= 0.3 is 6.09 Å². The normalized spacial score (nSPS) is 15.8. The van der Waals surface area contributed by atoms with Crippen LogP contribution in [0.1, 0.15) is 39.2 Å². The molecule has 2 heterocycles. The second-order valence-corrected chi connectivity index (χ2v) is 7.29. The predicted octanol–water partition coefficient (Wildman–Crippen LogP) is 4.39. The third-order valence-electron chi connectivity index (χ3n) is 3.38. The summed E-state index contributed by atoms with van der Waals surface area (Å²) < 4.78 is 5.38. The van der Waals surface area contributed by atoms with Crippen molar-refractivity contribution in [2.24, 2.45) is 5.92 Å². The minimum Gasteiger partial charge on any atom is -0.444 e. The van der Waals surface area contributed by atoms with Crippen LogP contribution in [-0.2, 0) is 4.74 Å². The summed E-state index contributed by atoms with van der Waals surface area (Å²) in [6.07, 6.45) is 2.89. The Labute approximate surface area is 147 Å². The van der Waals surface area contributed by atoms with E-state index in [2.05, 4.69) is 16.8 Å². The van der Waals surface area contributed by atoms with E-state index in [4.69, 9.17) is 27.9 Å². The standard InChI is InChI=1S/C17H20Cl2N2O2/c1-17(2,3)23-16(22)21-8-6-12(7-9-21)4-5-13-10-15(19)20-11-14(13)18/h10-12H,6-9H2,1-3H3. The van der Waals surface area contributed by atoms with Crippen molar-refractivity contribution in [3.05, 3.63) is 28.0 Å². The van der Waals surface area contributed by atoms with Gasteiger partial charge in [-0.2, -0.15) is 0 Å². The largest absolute Gasteiger partial charge is 0.444 e. The summed E-state index contributed by atoms with van der Waals surface area (Å²) in [6, 6.07) is 1.66. The number of hydrogen-bond acceptors (Lipinski definition) is 3. The van der Waals surface area contributed by atoms with Gasteiger partial charge in [0.1, 0.15) is 10.8 Å². The van der Waals surface area contributed by atoms with Crippen LogP contribution in [0.3, 0.4) is 0 Å². The fraction of sp³-hybridized carbons (Fsp3) is 0.529. The lowest BCUT2D eigenvalue weighted by Crippen LogP contribution is -2.41. The first-order valence-electron chi connectivity index (χ1n) is 7.55. The number of hydrogen-bond donors (Lipinski definition) is 0. The number of halogens is 2. The lowest BCUT2D eigenvalue weighted by Gasteiger charge is -2.31. The molecule has 4 nitrogen and oxygen atoms in total. The number of nitrogens with zero attached hydrogens (tertiary/aromatic N) is 2. The predicted molar refractivity (Wildman–Crippen MR) is 91.7 cm³/mol. The van der Waals surface area contributed by atoms with E-state index in [1.54, 1.807) is 11.0 Å². The highest BCUT2D eigenvalue weighted by Crippen LogP contribution is 2.21. The molecule has 1 aliphatic heterocycles. The lowest BCUT2D eigenvalue weighted by atomic mass is 9.97. The summed E-state index contributed by atoms with van der Waals surface area (Å²) in [5.41, 5.74) is 0.215. The van der Waals surface area contributed by atoms with Crippen molar-refractivity contribution in [3.8, 4) is 11.8 Å². The Morgan fingerprint density at radius 2 is 2.00 bits per heavy atom. The zero-order chi connectivity index (χ0) is 17.0. The highest BCUT2D eigenvalue weighted by atomic mass is 35.5. The van der Waals surface area contributed by atoms with E-state index in [9.17, 15) is 4.79 Å². The molecular weight excluding hydrogens is 335 g/mol. The maximum atomic E-state index is 12.0. The van der Waals surface area contributed by atoms with E-state index in [1.165, 1.54) is 6.20 Å². The van der Waals surface area contributed by atoms with Crippen molar-refractivity contribution in [2.75, 3.05) is 13.1 Å². The summed E-state index contributed by atoms with van der Waals surface area (Å²) in [5.74, 6) is 6.51. The van der Waals surface area contributed by atoms with Gasteiger partial charge in [0.05, 0.1) is 5.02 Å². The molecule has 0 radical (unpaired) electrons. The second kappa shape index (κ2) is 7.42. The number of carbonyl (C=O) groups excluding carboxylic acids is 1. The quantitative estimate of drug-likeness (QED) is 0.512. The van der Waals surface area contributed by atoms with E-state index in [0.29, 0.717) is 28.8 Å². The molecule has 23 heavy (non-hydrogen) atoms. The Morgan fingerprint density at radius 3 is 2.61 bits per heavy atom. The van der Waals surface area contributed by atoms with Crippen LogP contribution in [0.4, 0.5) is 4.79 Å². The van der Waals surface area contributed by atoms with Crippen molar-refractivity contribution in [3.63, 3.8) is 0 Å². The Kier molecular flexibility index (Phi) is 5.78. The van der Waals surface area contributed by atoms with Crippen molar-refractivity contribution >= 4 is 29.3 Å². The third kappa shape index (κ3) is 5.60. The number of aromatic nitrogens is 1. The molecule has 1 saturated heterocycles. The van der Waals surface area contributed by atoms with Gasteiger partial charge < -0.3 is 9.64 Å². The molecule has 1 aromatic rings. The van der Waals surface area contributed by atoms with Gasteiger partial charge in [-0.1, -0.05) is 35.0 Å². The SMILES string of the molecule is CC(C)(C)OC(=O)N1CCC(C#Cc2cc(Cl)ncc2Cl)CC1. The van der Waals surface area contributed by atoms with E-state index in [1.807, 2.05) is 20.8 Å². The molecule has 124 valence electrons. The molecule has 0 aromatic carbocycles. The maximum absolute atomic E-state index is 12.0. The van der Waals surface area contributed by atoms with E-state index in [0.717, 1.165) is 12.8 Å². The first-order valence-corrected chi connectivity index (χ1v) is 8.31. The fourth-order valence-corrected chi connectivity index (χ4v) is 2.53. The van der Waals surface area contributed by atoms with Crippen molar-refractivity contribution in [2.45, 2.75) is 39.2 Å². The molecule has 0 N–H and O–H groups in total. The van der Waals surface area contributed by atoms with Gasteiger partial charge in [-0.3, -0.25) is 0 Å². The van der Waals surface area contributed by atoms with Gasteiger partial charge in [-0.15, -0.1) is 0 Å². The highest BCUT2D eigenvalue weighted by molar-refractivity contribution is 6.33. The molecule has 0 spiro atoms. The van der Waals surface area contributed by atoms with E-state index < -0.39 is 5.60 Å². The van der Waals surface area contributed by atoms with Crippen molar-refractivity contribution < 1.29 is 9.53 Å². The zero-order valence-corrected chi connectivity index (χ0v) is 15.0. The van der Waals surface area contributed by atoms with Crippen LogP contribution in [0.25, 0.3) is 0 Å². The summed E-state index contributed by atoms with van der Waals surface area (Å²) in [6.45, 7) is 6.91. The Morgan fingerprint density at radius 1 is 1.35 bits per heavy atom. The Bertz CT molecular complexity index is 636. The van der Waals surface area contributed by atoms with Gasteiger partial charge in [0.15, 0.2) is 0 Å². The molecule has 1 aliphatic rings. The number of carbonyl (C=O) groups is 1. The number of amides is 1. The lowest BCUT2D eigenvalue weighted by molar-refractivity contribution is 0.0199. The van der Waals surface area contributed by atoms with Crippen LogP contribution in [0.5, 0.6) is 0 Å². The van der Waals surface area contributed by atoms with Crippen LogP contribution in [0.15, 0.2) is 12.3 Å². The van der Waals surface area contributed by atoms with Crippen LogP contribution in [0.2, 0.25) is 10.2 Å². The summed E-state index contributed by atoms with van der Waals surface area (Å²) in [5, 5.41) is 0.867. The van der Waals surface area contributed by atoms with Gasteiger partial charge in [-0.25, -0.2) is 9.78 Å². The second-order valence-electron chi connectivity index (χ2n) is 6.50. The number of piperidine rings is 1. The average molecular weight is 355 g/mol. The molecule has 1 amide bonds. The Balaban J connectivity index is 1.92. The van der Waals surface area contributed by atoms with Gasteiger partial charge in [0.25, 0.3) is 0 Å². The van der Waals surface area contributed by atoms with Crippen molar-refractivity contribution in [1.82, 2.24) is 9.88 Å². The third-order valence-corrected chi connectivity index (χ3v) is 3.89. The number of likely N-dealkylation sites (tertiary alicyclic amines) is 1. The first-order chi connectivity index (χ1) is 10.7. The monoisotopic (exact) mass is 354 g/mol. The minimum atomic E-state index is -0.467. The van der Waals surface area contributed by atoms with Crippen LogP contribution in [0, 0.1) is 17.8 Å². The van der Waals surface area contributed by atoms with E-state index >= 15 is 0 Å². The molecule has 2 rings (SSSR count). The summed E-state index contributed by atoms with van der Waals surface area (Å²) in [7, 11) is 0. The van der Waals surface area contributed by atoms with Crippen LogP contribution in [-0.4, -0.2) is 34.7 Å². The topological polar surface area (TPSA) is 42.4 Å².